The standard InChI is InChI=1S/C16H16F3N5O2/c17-16(18,19)11-1-4-20-13(7-11)23-15-21-5-2-12(22-15)10-3-6-24(8-10)14(26)9-25/h1-2,4-5,7,10,25H,3,6,8-9H2,(H,20,21,22,23)/t10-/m0/s1. The van der Waals surface area contributed by atoms with Crippen LogP contribution in [0.25, 0.3) is 0 Å². The molecule has 138 valence electrons. The van der Waals surface area contributed by atoms with E-state index < -0.39 is 18.3 Å². The molecule has 2 N–H and O–H groups in total. The number of likely N-dealkylation sites (tertiary alicyclic amines) is 1. The molecule has 1 fully saturated rings. The van der Waals surface area contributed by atoms with Crippen LogP contribution in [0.4, 0.5) is 24.9 Å². The highest BCUT2D eigenvalue weighted by Gasteiger charge is 2.31. The number of alkyl halides is 3. The molecule has 26 heavy (non-hydrogen) atoms. The molecular weight excluding hydrogens is 351 g/mol. The zero-order valence-electron chi connectivity index (χ0n) is 13.6. The van der Waals surface area contributed by atoms with Gasteiger partial charge in [-0.05, 0) is 24.6 Å². The molecule has 1 aliphatic heterocycles. The SMILES string of the molecule is O=C(CO)N1CC[C@H](c2ccnc(Nc3cc(C(F)(F)F)ccn3)n2)C1. The van der Waals surface area contributed by atoms with Crippen molar-refractivity contribution in [2.24, 2.45) is 0 Å². The summed E-state index contributed by atoms with van der Waals surface area (Å²) in [5, 5.41) is 11.6. The summed E-state index contributed by atoms with van der Waals surface area (Å²) in [5.74, 6) is -0.252. The Balaban J connectivity index is 1.74. The van der Waals surface area contributed by atoms with Gasteiger partial charge in [-0.1, -0.05) is 0 Å². The van der Waals surface area contributed by atoms with Crippen molar-refractivity contribution in [3.05, 3.63) is 41.9 Å². The summed E-state index contributed by atoms with van der Waals surface area (Å²) in [6.45, 7) is 0.411. The number of anilines is 2. The van der Waals surface area contributed by atoms with Crippen LogP contribution < -0.4 is 5.32 Å². The van der Waals surface area contributed by atoms with Crippen molar-refractivity contribution < 1.29 is 23.1 Å². The summed E-state index contributed by atoms with van der Waals surface area (Å²) in [5.41, 5.74) is -0.150. The van der Waals surface area contributed by atoms with Crippen LogP contribution in [0.3, 0.4) is 0 Å². The third-order valence-corrected chi connectivity index (χ3v) is 4.10. The zero-order valence-corrected chi connectivity index (χ0v) is 13.6. The monoisotopic (exact) mass is 367 g/mol. The number of aliphatic hydroxyl groups excluding tert-OH is 1. The highest BCUT2D eigenvalue weighted by atomic mass is 19.4. The molecule has 2 aromatic rings. The maximum absolute atomic E-state index is 12.8. The predicted molar refractivity (Wildman–Crippen MR) is 85.6 cm³/mol. The molecular formula is C16H16F3N5O2. The second kappa shape index (κ2) is 7.24. The summed E-state index contributed by atoms with van der Waals surface area (Å²) >= 11 is 0. The lowest BCUT2D eigenvalue weighted by Crippen LogP contribution is -2.30. The number of aromatic nitrogens is 3. The number of aliphatic hydroxyl groups is 1. The molecule has 0 saturated carbocycles. The number of carbonyl (C=O) groups excluding carboxylic acids is 1. The van der Waals surface area contributed by atoms with E-state index in [2.05, 4.69) is 20.3 Å². The molecule has 3 heterocycles. The van der Waals surface area contributed by atoms with Gasteiger partial charge in [0.05, 0.1) is 11.3 Å². The van der Waals surface area contributed by atoms with E-state index in [0.29, 0.717) is 25.2 Å². The highest BCUT2D eigenvalue weighted by molar-refractivity contribution is 5.77. The Morgan fingerprint density at radius 2 is 2.08 bits per heavy atom. The second-order valence-corrected chi connectivity index (χ2v) is 5.84. The van der Waals surface area contributed by atoms with Gasteiger partial charge in [0.25, 0.3) is 0 Å². The fourth-order valence-electron chi connectivity index (χ4n) is 2.78. The Labute approximate surface area is 146 Å². The van der Waals surface area contributed by atoms with Crippen LogP contribution in [0, 0.1) is 0 Å². The fraction of sp³-hybridized carbons (Fsp3) is 0.375. The molecule has 0 radical (unpaired) electrons. The van der Waals surface area contributed by atoms with Crippen LogP contribution in [0.1, 0.15) is 23.6 Å². The summed E-state index contributed by atoms with van der Waals surface area (Å²) in [7, 11) is 0. The van der Waals surface area contributed by atoms with E-state index in [0.717, 1.165) is 18.3 Å². The van der Waals surface area contributed by atoms with Gasteiger partial charge in [-0.15, -0.1) is 0 Å². The Morgan fingerprint density at radius 3 is 2.81 bits per heavy atom. The van der Waals surface area contributed by atoms with Crippen LogP contribution in [-0.2, 0) is 11.0 Å². The number of pyridine rings is 1. The van der Waals surface area contributed by atoms with E-state index in [9.17, 15) is 18.0 Å². The number of hydrogen-bond donors (Lipinski definition) is 2. The van der Waals surface area contributed by atoms with Crippen LogP contribution in [-0.4, -0.2) is 50.6 Å². The minimum atomic E-state index is -4.46. The Kier molecular flexibility index (Phi) is 5.03. The quantitative estimate of drug-likeness (QED) is 0.858. The number of hydrogen-bond acceptors (Lipinski definition) is 6. The number of rotatable bonds is 4. The topological polar surface area (TPSA) is 91.2 Å². The molecule has 2 aromatic heterocycles. The molecule has 0 spiro atoms. The average molecular weight is 367 g/mol. The molecule has 1 aliphatic rings. The van der Waals surface area contributed by atoms with Gasteiger partial charge in [0.15, 0.2) is 0 Å². The maximum Gasteiger partial charge on any atom is 0.416 e. The minimum Gasteiger partial charge on any atom is -0.387 e. The van der Waals surface area contributed by atoms with Gasteiger partial charge in [-0.3, -0.25) is 4.79 Å². The molecule has 1 amide bonds. The van der Waals surface area contributed by atoms with Crippen molar-refractivity contribution in [3.63, 3.8) is 0 Å². The van der Waals surface area contributed by atoms with Crippen LogP contribution in [0.5, 0.6) is 0 Å². The van der Waals surface area contributed by atoms with E-state index >= 15 is 0 Å². The zero-order chi connectivity index (χ0) is 18.7. The first-order chi connectivity index (χ1) is 12.4. The molecule has 3 rings (SSSR count). The Bertz CT molecular complexity index is 799. The van der Waals surface area contributed by atoms with Crippen LogP contribution >= 0.6 is 0 Å². The van der Waals surface area contributed by atoms with Crippen LogP contribution in [0.2, 0.25) is 0 Å². The lowest BCUT2D eigenvalue weighted by Gasteiger charge is -2.15. The normalized spacial score (nSPS) is 17.4. The van der Waals surface area contributed by atoms with E-state index in [1.807, 2.05) is 0 Å². The van der Waals surface area contributed by atoms with E-state index in [1.54, 1.807) is 11.0 Å². The van der Waals surface area contributed by atoms with Gasteiger partial charge >= 0.3 is 6.18 Å². The van der Waals surface area contributed by atoms with Gasteiger partial charge in [-0.2, -0.15) is 13.2 Å². The van der Waals surface area contributed by atoms with Gasteiger partial charge in [-0.25, -0.2) is 15.0 Å². The fourth-order valence-corrected chi connectivity index (χ4v) is 2.78. The van der Waals surface area contributed by atoms with Gasteiger partial charge in [0.1, 0.15) is 12.4 Å². The Morgan fingerprint density at radius 1 is 1.31 bits per heavy atom. The third kappa shape index (κ3) is 4.07. The molecule has 0 unspecified atom stereocenters. The smallest absolute Gasteiger partial charge is 0.387 e. The number of amides is 1. The Hall–Kier alpha value is -2.75. The second-order valence-electron chi connectivity index (χ2n) is 5.84. The number of carbonyl (C=O) groups is 1. The van der Waals surface area contributed by atoms with E-state index in [4.69, 9.17) is 5.11 Å². The minimum absolute atomic E-state index is 0.0134. The number of nitrogens with zero attached hydrogens (tertiary/aromatic N) is 4. The summed E-state index contributed by atoms with van der Waals surface area (Å²) in [4.78, 5) is 25.3. The first-order valence-electron chi connectivity index (χ1n) is 7.88. The number of halogens is 3. The maximum atomic E-state index is 12.8. The highest BCUT2D eigenvalue weighted by Crippen LogP contribution is 2.30. The van der Waals surface area contributed by atoms with Crippen molar-refractivity contribution in [1.29, 1.82) is 0 Å². The van der Waals surface area contributed by atoms with Gasteiger partial charge < -0.3 is 15.3 Å². The lowest BCUT2D eigenvalue weighted by molar-refractivity contribution is -0.137. The molecule has 0 bridgehead atoms. The van der Waals surface area contributed by atoms with Crippen molar-refractivity contribution in [2.75, 3.05) is 25.0 Å². The average Bonchev–Trinajstić information content (AvgIpc) is 3.11. The molecule has 7 nitrogen and oxygen atoms in total. The molecule has 0 aromatic carbocycles. The summed E-state index contributed by atoms with van der Waals surface area (Å²) in [6.07, 6.45) is -1.22. The first kappa shape index (κ1) is 18.1. The number of nitrogens with one attached hydrogen (secondary N) is 1. The molecule has 10 heteroatoms. The predicted octanol–water partition coefficient (Wildman–Crippen LogP) is 1.94. The summed E-state index contributed by atoms with van der Waals surface area (Å²) in [6, 6.07) is 3.46. The third-order valence-electron chi connectivity index (χ3n) is 4.10. The van der Waals surface area contributed by atoms with E-state index in [1.165, 1.54) is 6.20 Å². The molecule has 1 saturated heterocycles. The summed E-state index contributed by atoms with van der Waals surface area (Å²) < 4.78 is 38.3. The lowest BCUT2D eigenvalue weighted by atomic mass is 10.1. The van der Waals surface area contributed by atoms with Crippen LogP contribution in [0.15, 0.2) is 30.6 Å². The van der Waals surface area contributed by atoms with Crippen molar-refractivity contribution >= 4 is 17.7 Å². The van der Waals surface area contributed by atoms with E-state index in [-0.39, 0.29) is 23.6 Å². The van der Waals surface area contributed by atoms with Crippen molar-refractivity contribution in [1.82, 2.24) is 19.9 Å². The first-order valence-corrected chi connectivity index (χ1v) is 7.88. The largest absolute Gasteiger partial charge is 0.416 e. The van der Waals surface area contributed by atoms with Gasteiger partial charge in [0, 0.05) is 31.4 Å². The molecule has 1 atom stereocenters. The molecule has 0 aliphatic carbocycles. The van der Waals surface area contributed by atoms with Crippen molar-refractivity contribution in [2.45, 2.75) is 18.5 Å². The van der Waals surface area contributed by atoms with Crippen molar-refractivity contribution in [3.8, 4) is 0 Å². The van der Waals surface area contributed by atoms with Gasteiger partial charge in [0.2, 0.25) is 11.9 Å².